The molecule has 0 aliphatic rings. The van der Waals surface area contributed by atoms with E-state index in [0.29, 0.717) is 27.6 Å². The molecule has 0 atom stereocenters. The minimum Gasteiger partial charge on any atom is -0.325 e. The third-order valence-corrected chi connectivity index (χ3v) is 5.75. The zero-order valence-corrected chi connectivity index (χ0v) is 18.1. The Labute approximate surface area is 178 Å². The van der Waals surface area contributed by atoms with Crippen LogP contribution in [0.5, 0.6) is 0 Å². The number of amides is 1. The van der Waals surface area contributed by atoms with Gasteiger partial charge in [-0.15, -0.1) is 10.2 Å². The first-order valence-electron chi connectivity index (χ1n) is 8.77. The molecule has 0 saturated heterocycles. The van der Waals surface area contributed by atoms with Crippen molar-refractivity contribution in [1.29, 1.82) is 0 Å². The Hall–Kier alpha value is -2.02. The normalized spacial score (nSPS) is 10.9. The Kier molecular flexibility index (Phi) is 6.65. The van der Waals surface area contributed by atoms with Crippen molar-refractivity contribution in [3.63, 3.8) is 0 Å². The largest absolute Gasteiger partial charge is 0.325 e. The molecule has 2 aromatic carbocycles. The maximum atomic E-state index is 12.3. The molecule has 146 valence electrons. The second-order valence-electron chi connectivity index (χ2n) is 6.39. The van der Waals surface area contributed by atoms with E-state index in [1.54, 1.807) is 12.1 Å². The van der Waals surface area contributed by atoms with Crippen LogP contribution in [0.3, 0.4) is 0 Å². The standard InChI is InChI=1S/C20H20Cl2N4OS/c1-4-26-19(14-5-6-16(21)17(22)10-14)24-25-20(26)28-11-18(27)23-15-8-12(2)7-13(3)9-15/h5-10H,4,11H2,1-3H3,(H,23,27). The smallest absolute Gasteiger partial charge is 0.234 e. The lowest BCUT2D eigenvalue weighted by Crippen LogP contribution is -2.15. The van der Waals surface area contributed by atoms with E-state index in [-0.39, 0.29) is 11.7 Å². The summed E-state index contributed by atoms with van der Waals surface area (Å²) in [7, 11) is 0. The van der Waals surface area contributed by atoms with Crippen LogP contribution < -0.4 is 5.32 Å². The highest BCUT2D eigenvalue weighted by Gasteiger charge is 2.15. The number of hydrogen-bond donors (Lipinski definition) is 1. The van der Waals surface area contributed by atoms with Crippen LogP contribution in [-0.4, -0.2) is 26.4 Å². The molecule has 1 heterocycles. The van der Waals surface area contributed by atoms with Gasteiger partial charge in [0, 0.05) is 17.8 Å². The quantitative estimate of drug-likeness (QED) is 0.511. The van der Waals surface area contributed by atoms with E-state index in [9.17, 15) is 4.79 Å². The summed E-state index contributed by atoms with van der Waals surface area (Å²) in [6, 6.07) is 11.3. The van der Waals surface area contributed by atoms with Gasteiger partial charge in [0.15, 0.2) is 11.0 Å². The zero-order chi connectivity index (χ0) is 20.3. The summed E-state index contributed by atoms with van der Waals surface area (Å²) in [6.45, 7) is 6.69. The van der Waals surface area contributed by atoms with Crippen molar-refractivity contribution in [2.45, 2.75) is 32.5 Å². The molecule has 8 heteroatoms. The van der Waals surface area contributed by atoms with Crippen LogP contribution in [0.1, 0.15) is 18.1 Å². The third kappa shape index (κ3) is 4.87. The number of thioether (sulfide) groups is 1. The van der Waals surface area contributed by atoms with Crippen molar-refractivity contribution >= 4 is 46.6 Å². The molecule has 0 unspecified atom stereocenters. The first-order chi connectivity index (χ1) is 13.4. The van der Waals surface area contributed by atoms with Crippen LogP contribution in [0.25, 0.3) is 11.4 Å². The highest BCUT2D eigenvalue weighted by atomic mass is 35.5. The minimum absolute atomic E-state index is 0.0864. The molecule has 0 saturated carbocycles. The summed E-state index contributed by atoms with van der Waals surface area (Å²) in [5, 5.41) is 13.1. The van der Waals surface area contributed by atoms with Gasteiger partial charge in [-0.1, -0.05) is 41.0 Å². The Balaban J connectivity index is 1.71. The van der Waals surface area contributed by atoms with Crippen molar-refractivity contribution in [2.24, 2.45) is 0 Å². The van der Waals surface area contributed by atoms with Gasteiger partial charge in [-0.2, -0.15) is 0 Å². The number of aromatic nitrogens is 3. The van der Waals surface area contributed by atoms with Crippen molar-refractivity contribution in [1.82, 2.24) is 14.8 Å². The van der Waals surface area contributed by atoms with Gasteiger partial charge in [-0.05, 0) is 62.2 Å². The zero-order valence-electron chi connectivity index (χ0n) is 15.8. The Morgan fingerprint density at radius 2 is 1.79 bits per heavy atom. The summed E-state index contributed by atoms with van der Waals surface area (Å²) < 4.78 is 1.95. The average molecular weight is 435 g/mol. The van der Waals surface area contributed by atoms with Crippen molar-refractivity contribution in [3.05, 3.63) is 57.6 Å². The van der Waals surface area contributed by atoms with E-state index in [0.717, 1.165) is 22.4 Å². The maximum Gasteiger partial charge on any atom is 0.234 e. The lowest BCUT2D eigenvalue weighted by molar-refractivity contribution is -0.113. The molecule has 28 heavy (non-hydrogen) atoms. The fourth-order valence-corrected chi connectivity index (χ4v) is 4.00. The van der Waals surface area contributed by atoms with E-state index >= 15 is 0 Å². The summed E-state index contributed by atoms with van der Waals surface area (Å²) in [4.78, 5) is 12.3. The first-order valence-corrected chi connectivity index (χ1v) is 10.5. The number of anilines is 1. The number of rotatable bonds is 6. The molecule has 1 aromatic heterocycles. The summed E-state index contributed by atoms with van der Waals surface area (Å²) >= 11 is 13.5. The summed E-state index contributed by atoms with van der Waals surface area (Å²) in [6.07, 6.45) is 0. The van der Waals surface area contributed by atoms with Crippen LogP contribution in [-0.2, 0) is 11.3 Å². The molecule has 3 aromatic rings. The number of halogens is 2. The minimum atomic E-state index is -0.0864. The molecular weight excluding hydrogens is 415 g/mol. The lowest BCUT2D eigenvalue weighted by Gasteiger charge is -2.09. The number of hydrogen-bond acceptors (Lipinski definition) is 4. The molecular formula is C20H20Cl2N4OS. The number of carbonyl (C=O) groups excluding carboxylic acids is 1. The molecule has 5 nitrogen and oxygen atoms in total. The summed E-state index contributed by atoms with van der Waals surface area (Å²) in [5.74, 6) is 0.849. The molecule has 3 rings (SSSR count). The second-order valence-corrected chi connectivity index (χ2v) is 8.15. The molecule has 0 fully saturated rings. The lowest BCUT2D eigenvalue weighted by atomic mass is 10.1. The Morgan fingerprint density at radius 3 is 2.43 bits per heavy atom. The highest BCUT2D eigenvalue weighted by Crippen LogP contribution is 2.29. The monoisotopic (exact) mass is 434 g/mol. The Bertz CT molecular complexity index is 999. The summed E-state index contributed by atoms with van der Waals surface area (Å²) in [5.41, 5.74) is 3.85. The van der Waals surface area contributed by atoms with Gasteiger partial charge in [0.25, 0.3) is 0 Å². The second kappa shape index (κ2) is 8.99. The van der Waals surface area contributed by atoms with Gasteiger partial charge in [-0.25, -0.2) is 0 Å². The fourth-order valence-electron chi connectivity index (χ4n) is 2.90. The van der Waals surface area contributed by atoms with Crippen LogP contribution >= 0.6 is 35.0 Å². The number of aryl methyl sites for hydroxylation is 2. The van der Waals surface area contributed by atoms with Gasteiger partial charge in [0.1, 0.15) is 0 Å². The van der Waals surface area contributed by atoms with Gasteiger partial charge >= 0.3 is 0 Å². The Morgan fingerprint density at radius 1 is 1.07 bits per heavy atom. The average Bonchev–Trinajstić information content (AvgIpc) is 3.04. The van der Waals surface area contributed by atoms with Crippen molar-refractivity contribution in [2.75, 3.05) is 11.1 Å². The molecule has 1 amide bonds. The van der Waals surface area contributed by atoms with E-state index in [1.165, 1.54) is 11.8 Å². The van der Waals surface area contributed by atoms with Gasteiger partial charge in [0.2, 0.25) is 5.91 Å². The number of carbonyl (C=O) groups is 1. The van der Waals surface area contributed by atoms with E-state index in [1.807, 2.05) is 43.5 Å². The number of nitrogens with zero attached hydrogens (tertiary/aromatic N) is 3. The first kappa shape index (κ1) is 20.7. The van der Waals surface area contributed by atoms with E-state index in [4.69, 9.17) is 23.2 Å². The van der Waals surface area contributed by atoms with Gasteiger partial charge in [0.05, 0.1) is 15.8 Å². The fraction of sp³-hybridized carbons (Fsp3) is 0.250. The highest BCUT2D eigenvalue weighted by molar-refractivity contribution is 7.99. The van der Waals surface area contributed by atoms with Gasteiger partial charge < -0.3 is 9.88 Å². The van der Waals surface area contributed by atoms with Crippen molar-refractivity contribution in [3.8, 4) is 11.4 Å². The number of nitrogens with one attached hydrogen (secondary N) is 1. The molecule has 0 radical (unpaired) electrons. The van der Waals surface area contributed by atoms with Crippen molar-refractivity contribution < 1.29 is 4.79 Å². The topological polar surface area (TPSA) is 59.8 Å². The third-order valence-electron chi connectivity index (χ3n) is 4.05. The SMILES string of the molecule is CCn1c(SCC(=O)Nc2cc(C)cc(C)c2)nnc1-c1ccc(Cl)c(Cl)c1. The molecule has 0 aliphatic carbocycles. The molecule has 0 bridgehead atoms. The molecule has 0 aliphatic heterocycles. The molecule has 0 spiro atoms. The molecule has 1 N–H and O–H groups in total. The van der Waals surface area contributed by atoms with E-state index in [2.05, 4.69) is 21.6 Å². The predicted octanol–water partition coefficient (Wildman–Crippen LogP) is 5.62. The van der Waals surface area contributed by atoms with Crippen LogP contribution in [0.15, 0.2) is 41.6 Å². The van der Waals surface area contributed by atoms with Crippen LogP contribution in [0.2, 0.25) is 10.0 Å². The van der Waals surface area contributed by atoms with Crippen LogP contribution in [0, 0.1) is 13.8 Å². The van der Waals surface area contributed by atoms with Crippen LogP contribution in [0.4, 0.5) is 5.69 Å². The maximum absolute atomic E-state index is 12.3. The predicted molar refractivity (Wildman–Crippen MR) is 116 cm³/mol. The number of benzene rings is 2. The van der Waals surface area contributed by atoms with Gasteiger partial charge in [-0.3, -0.25) is 4.79 Å². The van der Waals surface area contributed by atoms with E-state index < -0.39 is 0 Å².